The fourth-order valence-corrected chi connectivity index (χ4v) is 4.24. The Balaban J connectivity index is 2.11. The van der Waals surface area contributed by atoms with Crippen molar-refractivity contribution in [3.05, 3.63) is 0 Å². The van der Waals surface area contributed by atoms with Crippen LogP contribution in [0.15, 0.2) is 0 Å². The summed E-state index contributed by atoms with van der Waals surface area (Å²) in [5, 5.41) is 2.65. The van der Waals surface area contributed by atoms with Crippen LogP contribution >= 0.6 is 0 Å². The first-order valence-corrected chi connectivity index (χ1v) is 8.43. The maximum atomic E-state index is 12.5. The van der Waals surface area contributed by atoms with E-state index in [4.69, 9.17) is 4.74 Å². The van der Waals surface area contributed by atoms with Gasteiger partial charge in [-0.25, -0.2) is 8.42 Å². The molecule has 1 N–H and O–H groups in total. The Morgan fingerprint density at radius 1 is 1.32 bits per heavy atom. The lowest BCUT2D eigenvalue weighted by Gasteiger charge is -2.41. The maximum Gasteiger partial charge on any atom is 0.242 e. The normalized spacial score (nSPS) is 39.0. The van der Waals surface area contributed by atoms with Crippen molar-refractivity contribution in [3.63, 3.8) is 0 Å². The Labute approximate surface area is 114 Å². The van der Waals surface area contributed by atoms with Crippen LogP contribution in [-0.2, 0) is 19.4 Å². The Morgan fingerprint density at radius 2 is 2.00 bits per heavy atom. The van der Waals surface area contributed by atoms with Gasteiger partial charge in [0.05, 0.1) is 23.7 Å². The molecule has 2 fully saturated rings. The number of hydrogen-bond acceptors (Lipinski definition) is 5. The van der Waals surface area contributed by atoms with Gasteiger partial charge in [0.25, 0.3) is 0 Å². The molecule has 19 heavy (non-hydrogen) atoms. The second kappa shape index (κ2) is 5.38. The molecule has 0 aromatic heterocycles. The molecule has 1 amide bonds. The Bertz CT molecular complexity index is 451. The van der Waals surface area contributed by atoms with Crippen LogP contribution in [0.25, 0.3) is 0 Å². The fraction of sp³-hybridized carbons (Fsp3) is 0.917. The predicted molar refractivity (Wildman–Crippen MR) is 71.6 cm³/mol. The van der Waals surface area contributed by atoms with Gasteiger partial charge in [0.2, 0.25) is 5.91 Å². The number of morpholine rings is 1. The summed E-state index contributed by atoms with van der Waals surface area (Å²) in [7, 11) is -3.07. The maximum absolute atomic E-state index is 12.5. The van der Waals surface area contributed by atoms with Gasteiger partial charge in [-0.15, -0.1) is 0 Å². The molecule has 0 bridgehead atoms. The Kier molecular flexibility index (Phi) is 4.17. The molecule has 0 aromatic rings. The number of amides is 1. The highest BCUT2D eigenvalue weighted by atomic mass is 32.2. The Morgan fingerprint density at radius 3 is 2.63 bits per heavy atom. The topological polar surface area (TPSA) is 75.7 Å². The molecule has 7 heteroatoms. The van der Waals surface area contributed by atoms with Gasteiger partial charge in [-0.3, -0.25) is 4.79 Å². The minimum absolute atomic E-state index is 0.0478. The first-order chi connectivity index (χ1) is 8.84. The molecule has 0 spiro atoms. The highest BCUT2D eigenvalue weighted by molar-refractivity contribution is 7.92. The van der Waals surface area contributed by atoms with Gasteiger partial charge in [0.15, 0.2) is 9.84 Å². The third kappa shape index (κ3) is 2.78. The minimum Gasteiger partial charge on any atom is -0.375 e. The molecule has 4 atom stereocenters. The standard InChI is InChI=1S/C12H22N2O4S/c1-8-10(3)19(16,17)7-5-14(8)12(15)11-9(2)18-6-4-13-11/h8-11,13H,4-7H2,1-3H3/t8?,9-,10?,11+/m1/s1. The highest BCUT2D eigenvalue weighted by Gasteiger charge is 2.41. The van der Waals surface area contributed by atoms with Crippen molar-refractivity contribution < 1.29 is 17.9 Å². The third-order valence-electron chi connectivity index (χ3n) is 4.22. The largest absolute Gasteiger partial charge is 0.375 e. The zero-order chi connectivity index (χ0) is 14.2. The average Bonchev–Trinajstić information content (AvgIpc) is 2.36. The molecule has 0 aliphatic carbocycles. The summed E-state index contributed by atoms with van der Waals surface area (Å²) in [5.74, 6) is -0.00639. The van der Waals surface area contributed by atoms with Gasteiger partial charge >= 0.3 is 0 Å². The fourth-order valence-electron chi connectivity index (χ4n) is 2.67. The highest BCUT2D eigenvalue weighted by Crippen LogP contribution is 2.21. The van der Waals surface area contributed by atoms with Crippen molar-refractivity contribution >= 4 is 15.7 Å². The zero-order valence-corrected chi connectivity index (χ0v) is 12.4. The molecule has 2 unspecified atom stereocenters. The van der Waals surface area contributed by atoms with Crippen LogP contribution in [0.3, 0.4) is 0 Å². The molecular formula is C12H22N2O4S. The van der Waals surface area contributed by atoms with E-state index in [0.29, 0.717) is 13.2 Å². The minimum atomic E-state index is -3.07. The quantitative estimate of drug-likeness (QED) is 0.698. The van der Waals surface area contributed by atoms with Gasteiger partial charge in [-0.1, -0.05) is 0 Å². The van der Waals surface area contributed by atoms with E-state index in [1.807, 2.05) is 6.92 Å². The zero-order valence-electron chi connectivity index (χ0n) is 11.6. The van der Waals surface area contributed by atoms with Gasteiger partial charge in [0.1, 0.15) is 6.04 Å². The van der Waals surface area contributed by atoms with E-state index in [0.717, 1.165) is 0 Å². The molecule has 110 valence electrons. The summed E-state index contributed by atoms with van der Waals surface area (Å²) in [5.41, 5.74) is 0. The number of carbonyl (C=O) groups excluding carboxylic acids is 1. The third-order valence-corrected chi connectivity index (χ3v) is 6.50. The number of nitrogens with zero attached hydrogens (tertiary/aromatic N) is 1. The van der Waals surface area contributed by atoms with Crippen LogP contribution in [0.4, 0.5) is 0 Å². The molecule has 2 rings (SSSR count). The summed E-state index contributed by atoms with van der Waals surface area (Å²) in [4.78, 5) is 14.2. The summed E-state index contributed by atoms with van der Waals surface area (Å²) < 4.78 is 29.1. The van der Waals surface area contributed by atoms with Crippen molar-refractivity contribution in [2.45, 2.75) is 44.2 Å². The molecule has 2 aliphatic heterocycles. The summed E-state index contributed by atoms with van der Waals surface area (Å²) in [6.45, 7) is 6.87. The van der Waals surface area contributed by atoms with Crippen LogP contribution in [0.1, 0.15) is 20.8 Å². The van der Waals surface area contributed by atoms with Gasteiger partial charge in [-0.2, -0.15) is 0 Å². The Hall–Kier alpha value is -0.660. The lowest BCUT2D eigenvalue weighted by Crippen LogP contribution is -2.62. The van der Waals surface area contributed by atoms with Gasteiger partial charge in [-0.05, 0) is 20.8 Å². The summed E-state index contributed by atoms with van der Waals surface area (Å²) >= 11 is 0. The van der Waals surface area contributed by atoms with Crippen molar-refractivity contribution in [3.8, 4) is 0 Å². The van der Waals surface area contributed by atoms with E-state index in [1.54, 1.807) is 18.7 Å². The van der Waals surface area contributed by atoms with Crippen LogP contribution in [-0.4, -0.2) is 68.1 Å². The number of carbonyl (C=O) groups is 1. The van der Waals surface area contributed by atoms with E-state index in [2.05, 4.69) is 5.32 Å². The molecular weight excluding hydrogens is 268 g/mol. The average molecular weight is 290 g/mol. The van der Waals surface area contributed by atoms with Crippen molar-refractivity contribution in [2.75, 3.05) is 25.4 Å². The molecule has 6 nitrogen and oxygen atoms in total. The number of rotatable bonds is 1. The van der Waals surface area contributed by atoms with E-state index >= 15 is 0 Å². The predicted octanol–water partition coefficient (Wildman–Crippen LogP) is -0.603. The second-order valence-electron chi connectivity index (χ2n) is 5.35. The molecule has 2 aliphatic rings. The molecule has 2 saturated heterocycles. The number of nitrogens with one attached hydrogen (secondary N) is 1. The van der Waals surface area contributed by atoms with E-state index < -0.39 is 15.1 Å². The SMILES string of the molecule is CC1C(C)S(=O)(=O)CCN1C(=O)[C@H]1NCCO[C@@H]1C. The monoisotopic (exact) mass is 290 g/mol. The van der Waals surface area contributed by atoms with Crippen LogP contribution in [0.2, 0.25) is 0 Å². The van der Waals surface area contributed by atoms with Crippen LogP contribution in [0, 0.1) is 0 Å². The summed E-state index contributed by atoms with van der Waals surface area (Å²) in [6.07, 6.45) is -0.178. The molecule has 0 saturated carbocycles. The van der Waals surface area contributed by atoms with Gasteiger partial charge < -0.3 is 15.0 Å². The molecule has 0 radical (unpaired) electrons. The first-order valence-electron chi connectivity index (χ1n) is 6.71. The lowest BCUT2D eigenvalue weighted by atomic mass is 10.1. The molecule has 0 aromatic carbocycles. The van der Waals surface area contributed by atoms with Crippen LogP contribution in [0.5, 0.6) is 0 Å². The first kappa shape index (κ1) is 14.7. The smallest absolute Gasteiger partial charge is 0.242 e. The van der Waals surface area contributed by atoms with Crippen molar-refractivity contribution in [1.29, 1.82) is 0 Å². The number of ether oxygens (including phenoxy) is 1. The van der Waals surface area contributed by atoms with Crippen molar-refractivity contribution in [2.24, 2.45) is 0 Å². The lowest BCUT2D eigenvalue weighted by molar-refractivity contribution is -0.141. The van der Waals surface area contributed by atoms with E-state index in [-0.39, 0.29) is 36.4 Å². The van der Waals surface area contributed by atoms with E-state index in [1.165, 1.54) is 0 Å². The van der Waals surface area contributed by atoms with E-state index in [9.17, 15) is 13.2 Å². The summed E-state index contributed by atoms with van der Waals surface area (Å²) in [6, 6.07) is -0.661. The number of sulfone groups is 1. The molecule has 2 heterocycles. The van der Waals surface area contributed by atoms with Crippen molar-refractivity contribution in [1.82, 2.24) is 10.2 Å². The second-order valence-corrected chi connectivity index (χ2v) is 7.83. The number of hydrogen-bond donors (Lipinski definition) is 1. The van der Waals surface area contributed by atoms with Crippen LogP contribution < -0.4 is 5.32 Å². The van der Waals surface area contributed by atoms with Gasteiger partial charge in [0, 0.05) is 19.1 Å².